The molecule has 1 unspecified atom stereocenters. The highest BCUT2D eigenvalue weighted by atomic mass is 28.4. The van der Waals surface area contributed by atoms with Gasteiger partial charge in [0, 0.05) is 0 Å². The van der Waals surface area contributed by atoms with Crippen molar-refractivity contribution in [1.29, 1.82) is 0 Å². The molecular formula is C23H33NO4Si. The van der Waals surface area contributed by atoms with Gasteiger partial charge in [-0.3, -0.25) is 4.79 Å². The molecule has 0 aromatic heterocycles. The first-order valence-corrected chi connectivity index (χ1v) is 13.3. The largest absolute Gasteiger partial charge is 0.452 e. The van der Waals surface area contributed by atoms with Crippen molar-refractivity contribution >= 4 is 20.2 Å². The van der Waals surface area contributed by atoms with Crippen LogP contribution in [0, 0.1) is 5.92 Å². The Labute approximate surface area is 175 Å². The van der Waals surface area contributed by atoms with Crippen molar-refractivity contribution in [1.82, 2.24) is 4.90 Å². The van der Waals surface area contributed by atoms with Crippen LogP contribution in [0.1, 0.15) is 50.9 Å². The standard InChI is InChI=1S/C23H33NO4Si/c1-15-19(27-22(26)17-11-9-8-10-12-17)14-13-18-20(21(25)24(15)18)16(2)28-29(6,7)23(3,4)5/h8-12,16,18-20H,1,13-14H2,2-7H3/t16-,18-,19?,20-/m1/s1. The van der Waals surface area contributed by atoms with Crippen LogP contribution in [-0.2, 0) is 14.0 Å². The topological polar surface area (TPSA) is 55.8 Å². The SMILES string of the molecule is C=C1C(OC(=O)c2ccccc2)CC[C@@H]2[C@@H]([C@@H](C)O[Si](C)(C)C(C)(C)C)C(=O)N12. The molecule has 2 aliphatic rings. The first-order valence-electron chi connectivity index (χ1n) is 10.4. The highest BCUT2D eigenvalue weighted by molar-refractivity contribution is 6.74. The van der Waals surface area contributed by atoms with E-state index >= 15 is 0 Å². The van der Waals surface area contributed by atoms with Gasteiger partial charge in [-0.1, -0.05) is 45.5 Å². The number of fused-ring (bicyclic) bond motifs is 1. The number of benzene rings is 1. The summed E-state index contributed by atoms with van der Waals surface area (Å²) in [5.74, 6) is -0.493. The van der Waals surface area contributed by atoms with Gasteiger partial charge in [-0.05, 0) is 50.0 Å². The Morgan fingerprint density at radius 3 is 2.41 bits per heavy atom. The molecule has 0 radical (unpaired) electrons. The average Bonchev–Trinajstić information content (AvgIpc) is 2.62. The van der Waals surface area contributed by atoms with Crippen LogP contribution in [0.4, 0.5) is 0 Å². The lowest BCUT2D eigenvalue weighted by atomic mass is 9.76. The number of carbonyl (C=O) groups is 2. The molecule has 2 saturated heterocycles. The summed E-state index contributed by atoms with van der Waals surface area (Å²) in [5.41, 5.74) is 1.10. The zero-order chi connectivity index (χ0) is 21.6. The predicted octanol–water partition coefficient (Wildman–Crippen LogP) is 4.76. The Bertz CT molecular complexity index is 799. The van der Waals surface area contributed by atoms with Gasteiger partial charge in [-0.15, -0.1) is 0 Å². The van der Waals surface area contributed by atoms with E-state index in [4.69, 9.17) is 9.16 Å². The lowest BCUT2D eigenvalue weighted by molar-refractivity contribution is -0.164. The third-order valence-electron chi connectivity index (χ3n) is 6.73. The van der Waals surface area contributed by atoms with Crippen LogP contribution in [0.15, 0.2) is 42.6 Å². The molecule has 1 amide bonds. The van der Waals surface area contributed by atoms with Gasteiger partial charge in [-0.25, -0.2) is 4.79 Å². The monoisotopic (exact) mass is 415 g/mol. The van der Waals surface area contributed by atoms with Crippen LogP contribution < -0.4 is 0 Å². The number of nitrogens with zero attached hydrogens (tertiary/aromatic N) is 1. The van der Waals surface area contributed by atoms with Crippen molar-refractivity contribution in [3.63, 3.8) is 0 Å². The number of β-lactam (4-membered cyclic amide) rings is 1. The van der Waals surface area contributed by atoms with Gasteiger partial charge in [0.25, 0.3) is 0 Å². The summed E-state index contributed by atoms with van der Waals surface area (Å²) in [6.07, 6.45) is 0.879. The maximum Gasteiger partial charge on any atom is 0.338 e. The molecular weight excluding hydrogens is 382 g/mol. The van der Waals surface area contributed by atoms with E-state index in [-0.39, 0.29) is 35.0 Å². The number of carbonyl (C=O) groups excluding carboxylic acids is 2. The second-order valence-electron chi connectivity index (χ2n) is 9.71. The Morgan fingerprint density at radius 2 is 1.83 bits per heavy atom. The smallest absolute Gasteiger partial charge is 0.338 e. The lowest BCUT2D eigenvalue weighted by Gasteiger charge is -2.55. The van der Waals surface area contributed by atoms with Crippen molar-refractivity contribution in [3.05, 3.63) is 48.2 Å². The van der Waals surface area contributed by atoms with Crippen LogP contribution in [0.2, 0.25) is 18.1 Å². The summed E-state index contributed by atoms with van der Waals surface area (Å²) in [6.45, 7) is 17.1. The predicted molar refractivity (Wildman–Crippen MR) is 116 cm³/mol. The van der Waals surface area contributed by atoms with Crippen molar-refractivity contribution in [2.24, 2.45) is 5.92 Å². The highest BCUT2D eigenvalue weighted by Gasteiger charge is 2.56. The summed E-state index contributed by atoms with van der Waals surface area (Å²) in [6, 6.07) is 8.99. The van der Waals surface area contributed by atoms with Crippen molar-refractivity contribution in [2.45, 2.75) is 76.9 Å². The van der Waals surface area contributed by atoms with Crippen molar-refractivity contribution in [3.8, 4) is 0 Å². The Hall–Kier alpha value is -1.92. The van der Waals surface area contributed by atoms with Crippen molar-refractivity contribution in [2.75, 3.05) is 0 Å². The van der Waals surface area contributed by atoms with Crippen LogP contribution in [-0.4, -0.2) is 43.3 Å². The minimum atomic E-state index is -1.95. The molecule has 2 aliphatic heterocycles. The second kappa shape index (κ2) is 7.72. The average molecular weight is 416 g/mol. The molecule has 0 saturated carbocycles. The third-order valence-corrected chi connectivity index (χ3v) is 11.3. The molecule has 3 rings (SSSR count). The fourth-order valence-corrected chi connectivity index (χ4v) is 5.43. The highest BCUT2D eigenvalue weighted by Crippen LogP contribution is 2.45. The van der Waals surface area contributed by atoms with E-state index in [1.165, 1.54) is 0 Å². The zero-order valence-corrected chi connectivity index (χ0v) is 19.4. The van der Waals surface area contributed by atoms with Gasteiger partial charge >= 0.3 is 5.97 Å². The molecule has 158 valence electrons. The van der Waals surface area contributed by atoms with E-state index in [9.17, 15) is 9.59 Å². The fourth-order valence-electron chi connectivity index (χ4n) is 4.00. The van der Waals surface area contributed by atoms with Crippen LogP contribution in [0.5, 0.6) is 0 Å². The number of esters is 1. The maximum absolute atomic E-state index is 12.9. The molecule has 4 atom stereocenters. The first kappa shape index (κ1) is 21.8. The Balaban J connectivity index is 1.64. The van der Waals surface area contributed by atoms with Crippen LogP contribution >= 0.6 is 0 Å². The van der Waals surface area contributed by atoms with Crippen molar-refractivity contribution < 1.29 is 18.8 Å². The number of ether oxygens (including phenoxy) is 1. The number of hydrogen-bond donors (Lipinski definition) is 0. The van der Waals surface area contributed by atoms with Gasteiger partial charge in [0.2, 0.25) is 5.91 Å². The van der Waals surface area contributed by atoms with Gasteiger partial charge in [0.1, 0.15) is 6.10 Å². The Morgan fingerprint density at radius 1 is 1.21 bits per heavy atom. The maximum atomic E-state index is 12.9. The van der Waals surface area contributed by atoms with E-state index < -0.39 is 14.4 Å². The molecule has 1 aromatic rings. The normalized spacial score (nSPS) is 25.9. The van der Waals surface area contributed by atoms with Gasteiger partial charge < -0.3 is 14.1 Å². The molecule has 6 heteroatoms. The molecule has 2 heterocycles. The summed E-state index contributed by atoms with van der Waals surface area (Å²) in [5, 5.41) is 0.0979. The molecule has 29 heavy (non-hydrogen) atoms. The lowest BCUT2D eigenvalue weighted by Crippen LogP contribution is -2.67. The number of piperidine rings is 1. The van der Waals surface area contributed by atoms with E-state index in [1.54, 1.807) is 29.2 Å². The molecule has 0 bridgehead atoms. The summed E-state index contributed by atoms with van der Waals surface area (Å²) in [4.78, 5) is 27.1. The summed E-state index contributed by atoms with van der Waals surface area (Å²) < 4.78 is 12.1. The number of hydrogen-bond acceptors (Lipinski definition) is 4. The fraction of sp³-hybridized carbons (Fsp3) is 0.565. The van der Waals surface area contributed by atoms with E-state index in [2.05, 4.69) is 40.4 Å². The minimum Gasteiger partial charge on any atom is -0.452 e. The number of rotatable bonds is 5. The zero-order valence-electron chi connectivity index (χ0n) is 18.4. The molecule has 0 spiro atoms. The summed E-state index contributed by atoms with van der Waals surface area (Å²) in [7, 11) is -1.95. The van der Waals surface area contributed by atoms with Crippen LogP contribution in [0.25, 0.3) is 0 Å². The quantitative estimate of drug-likeness (QED) is 0.395. The molecule has 0 N–H and O–H groups in total. The van der Waals surface area contributed by atoms with E-state index in [1.807, 2.05) is 13.0 Å². The first-order chi connectivity index (χ1) is 13.4. The molecule has 2 fully saturated rings. The number of amides is 1. The molecule has 1 aromatic carbocycles. The Kier molecular flexibility index (Phi) is 5.80. The van der Waals surface area contributed by atoms with Gasteiger partial charge in [0.05, 0.1) is 29.3 Å². The van der Waals surface area contributed by atoms with Gasteiger partial charge in [0.15, 0.2) is 8.32 Å². The van der Waals surface area contributed by atoms with Gasteiger partial charge in [-0.2, -0.15) is 0 Å². The second-order valence-corrected chi connectivity index (χ2v) is 14.5. The van der Waals surface area contributed by atoms with Crippen LogP contribution in [0.3, 0.4) is 0 Å². The molecule has 0 aliphatic carbocycles. The third kappa shape index (κ3) is 4.05. The summed E-state index contributed by atoms with van der Waals surface area (Å²) >= 11 is 0. The minimum absolute atomic E-state index is 0.0340. The van der Waals surface area contributed by atoms with E-state index in [0.717, 1.165) is 6.42 Å². The molecule has 5 nitrogen and oxygen atoms in total. The van der Waals surface area contributed by atoms with E-state index in [0.29, 0.717) is 17.7 Å².